The number of hydrogen-bond donors (Lipinski definition) is 2. The summed E-state index contributed by atoms with van der Waals surface area (Å²) in [7, 11) is 0. The third-order valence-corrected chi connectivity index (χ3v) is 5.56. The van der Waals surface area contributed by atoms with Gasteiger partial charge in [-0.05, 0) is 31.0 Å². The molecular weight excluding hydrogens is 350 g/mol. The van der Waals surface area contributed by atoms with Gasteiger partial charge in [-0.1, -0.05) is 55.8 Å². The van der Waals surface area contributed by atoms with Crippen molar-refractivity contribution in [2.24, 2.45) is 0 Å². The summed E-state index contributed by atoms with van der Waals surface area (Å²) < 4.78 is 0. The molecule has 1 saturated heterocycles. The highest BCUT2D eigenvalue weighted by atomic mass is 16.3. The Balaban J connectivity index is 1.57. The van der Waals surface area contributed by atoms with Crippen LogP contribution in [0.4, 0.5) is 5.69 Å². The molecule has 0 aliphatic carbocycles. The van der Waals surface area contributed by atoms with Crippen molar-refractivity contribution in [3.05, 3.63) is 60.2 Å². The van der Waals surface area contributed by atoms with Gasteiger partial charge in [-0.15, -0.1) is 0 Å². The molecule has 28 heavy (non-hydrogen) atoms. The third kappa shape index (κ3) is 4.84. The van der Waals surface area contributed by atoms with E-state index in [1.54, 1.807) is 6.07 Å². The van der Waals surface area contributed by atoms with Crippen LogP contribution in [0.5, 0.6) is 5.75 Å². The van der Waals surface area contributed by atoms with Crippen LogP contribution >= 0.6 is 0 Å². The molecule has 0 unspecified atom stereocenters. The molecule has 0 bridgehead atoms. The van der Waals surface area contributed by atoms with Crippen molar-refractivity contribution in [1.29, 1.82) is 0 Å². The fourth-order valence-corrected chi connectivity index (χ4v) is 3.84. The summed E-state index contributed by atoms with van der Waals surface area (Å²) in [4.78, 5) is 17.3. The Morgan fingerprint density at radius 2 is 1.68 bits per heavy atom. The third-order valence-electron chi connectivity index (χ3n) is 5.56. The minimum Gasteiger partial charge on any atom is -0.506 e. The van der Waals surface area contributed by atoms with E-state index in [-0.39, 0.29) is 18.0 Å². The van der Waals surface area contributed by atoms with Gasteiger partial charge in [0, 0.05) is 26.2 Å². The van der Waals surface area contributed by atoms with Crippen LogP contribution in [0.15, 0.2) is 54.6 Å². The lowest BCUT2D eigenvalue weighted by molar-refractivity contribution is -0.126. The predicted octanol–water partition coefficient (Wildman–Crippen LogP) is 3.56. The van der Waals surface area contributed by atoms with E-state index in [0.717, 1.165) is 50.3 Å². The number of carbonyl (C=O) groups excluding carboxylic acids is 1. The maximum absolute atomic E-state index is 12.9. The number of amides is 1. The first-order valence-electron chi connectivity index (χ1n) is 10.2. The monoisotopic (exact) mass is 381 g/mol. The fraction of sp³-hybridized carbons (Fsp3) is 0.435. The van der Waals surface area contributed by atoms with Crippen LogP contribution in [-0.2, 0) is 4.79 Å². The molecule has 5 nitrogen and oxygen atoms in total. The molecule has 0 spiro atoms. The predicted molar refractivity (Wildman–Crippen MR) is 114 cm³/mol. The standard InChI is InChI=1S/C23H31N3O2/c1-3-9-20(19-10-5-4-6-11-19)24-23(28)18(2)25-14-16-26(17-15-25)21-12-7-8-13-22(21)27/h4-8,10-13,18,20,27H,3,9,14-17H2,1-2H3,(H,24,28)/t18-,20-/m0/s1. The van der Waals surface area contributed by atoms with Gasteiger partial charge in [-0.25, -0.2) is 0 Å². The number of phenolic OH excluding ortho intramolecular Hbond substituents is 1. The molecular formula is C23H31N3O2. The molecule has 1 aliphatic rings. The number of nitrogens with one attached hydrogen (secondary N) is 1. The second-order valence-electron chi connectivity index (χ2n) is 7.45. The van der Waals surface area contributed by atoms with Crippen LogP contribution in [0.25, 0.3) is 0 Å². The van der Waals surface area contributed by atoms with Crippen molar-refractivity contribution in [2.75, 3.05) is 31.1 Å². The number of nitrogens with zero attached hydrogens (tertiary/aromatic N) is 2. The maximum atomic E-state index is 12.9. The molecule has 0 radical (unpaired) electrons. The van der Waals surface area contributed by atoms with Crippen LogP contribution in [0.1, 0.15) is 38.3 Å². The van der Waals surface area contributed by atoms with Crippen LogP contribution in [0, 0.1) is 0 Å². The Labute approximate surface area is 168 Å². The molecule has 2 aromatic rings. The molecule has 1 fully saturated rings. The van der Waals surface area contributed by atoms with Gasteiger partial charge < -0.3 is 15.3 Å². The zero-order valence-corrected chi connectivity index (χ0v) is 16.8. The van der Waals surface area contributed by atoms with E-state index < -0.39 is 0 Å². The number of benzene rings is 2. The number of phenols is 1. The summed E-state index contributed by atoms with van der Waals surface area (Å²) in [5.41, 5.74) is 2.03. The minimum absolute atomic E-state index is 0.0590. The van der Waals surface area contributed by atoms with Gasteiger partial charge in [0.05, 0.1) is 17.8 Å². The summed E-state index contributed by atoms with van der Waals surface area (Å²) in [6.07, 6.45) is 1.96. The average molecular weight is 382 g/mol. The highest BCUT2D eigenvalue weighted by Crippen LogP contribution is 2.27. The maximum Gasteiger partial charge on any atom is 0.237 e. The Morgan fingerprint density at radius 1 is 1.04 bits per heavy atom. The average Bonchev–Trinajstić information content (AvgIpc) is 2.74. The molecule has 1 amide bonds. The number of rotatable bonds is 7. The van der Waals surface area contributed by atoms with E-state index in [9.17, 15) is 9.90 Å². The Kier molecular flexibility index (Phi) is 6.93. The smallest absolute Gasteiger partial charge is 0.237 e. The van der Waals surface area contributed by atoms with Gasteiger partial charge >= 0.3 is 0 Å². The second-order valence-corrected chi connectivity index (χ2v) is 7.45. The summed E-state index contributed by atoms with van der Waals surface area (Å²) >= 11 is 0. The molecule has 1 aliphatic heterocycles. The van der Waals surface area contributed by atoms with E-state index in [4.69, 9.17) is 0 Å². The number of aromatic hydroxyl groups is 1. The topological polar surface area (TPSA) is 55.8 Å². The molecule has 150 valence electrons. The Bertz CT molecular complexity index is 757. The van der Waals surface area contributed by atoms with E-state index in [1.165, 1.54) is 0 Å². The van der Waals surface area contributed by atoms with E-state index >= 15 is 0 Å². The second kappa shape index (κ2) is 9.60. The van der Waals surface area contributed by atoms with Gasteiger partial charge in [0.25, 0.3) is 0 Å². The van der Waals surface area contributed by atoms with Crippen molar-refractivity contribution >= 4 is 11.6 Å². The van der Waals surface area contributed by atoms with Crippen LogP contribution in [0.3, 0.4) is 0 Å². The van der Waals surface area contributed by atoms with E-state index in [0.29, 0.717) is 5.75 Å². The quantitative estimate of drug-likeness (QED) is 0.770. The first kappa shape index (κ1) is 20.2. The number of hydrogen-bond acceptors (Lipinski definition) is 4. The first-order chi connectivity index (χ1) is 13.6. The largest absolute Gasteiger partial charge is 0.506 e. The molecule has 0 aromatic heterocycles. The van der Waals surface area contributed by atoms with Crippen LogP contribution in [-0.4, -0.2) is 48.1 Å². The summed E-state index contributed by atoms with van der Waals surface area (Å²) in [6, 6.07) is 17.5. The minimum atomic E-state index is -0.172. The zero-order chi connectivity index (χ0) is 19.9. The highest BCUT2D eigenvalue weighted by molar-refractivity contribution is 5.81. The fourth-order valence-electron chi connectivity index (χ4n) is 3.84. The van der Waals surface area contributed by atoms with E-state index in [1.807, 2.05) is 43.3 Å². The lowest BCUT2D eigenvalue weighted by atomic mass is 10.0. The summed E-state index contributed by atoms with van der Waals surface area (Å²) in [5, 5.41) is 13.3. The van der Waals surface area contributed by atoms with Gasteiger partial charge in [0.15, 0.2) is 0 Å². The van der Waals surface area contributed by atoms with E-state index in [2.05, 4.69) is 34.2 Å². The van der Waals surface area contributed by atoms with Crippen molar-refractivity contribution in [2.45, 2.75) is 38.8 Å². The van der Waals surface area contributed by atoms with Gasteiger partial charge in [0.2, 0.25) is 5.91 Å². The SMILES string of the molecule is CCC[C@H](NC(=O)[C@H](C)N1CCN(c2ccccc2O)CC1)c1ccccc1. The van der Waals surface area contributed by atoms with Gasteiger partial charge in [0.1, 0.15) is 5.75 Å². The first-order valence-corrected chi connectivity index (χ1v) is 10.2. The molecule has 2 aromatic carbocycles. The van der Waals surface area contributed by atoms with Crippen molar-refractivity contribution < 1.29 is 9.90 Å². The Hall–Kier alpha value is -2.53. The Morgan fingerprint density at radius 3 is 2.32 bits per heavy atom. The van der Waals surface area contributed by atoms with Crippen molar-refractivity contribution in [1.82, 2.24) is 10.2 Å². The number of para-hydroxylation sites is 2. The molecule has 0 saturated carbocycles. The van der Waals surface area contributed by atoms with Crippen molar-refractivity contribution in [3.8, 4) is 5.75 Å². The number of anilines is 1. The van der Waals surface area contributed by atoms with Crippen LogP contribution in [0.2, 0.25) is 0 Å². The molecule has 2 N–H and O–H groups in total. The molecule has 3 rings (SSSR count). The zero-order valence-electron chi connectivity index (χ0n) is 16.8. The van der Waals surface area contributed by atoms with Crippen LogP contribution < -0.4 is 10.2 Å². The number of carbonyl (C=O) groups is 1. The van der Waals surface area contributed by atoms with Gasteiger partial charge in [-0.3, -0.25) is 9.69 Å². The summed E-state index contributed by atoms with van der Waals surface area (Å²) in [5.74, 6) is 0.394. The molecule has 1 heterocycles. The lowest BCUT2D eigenvalue weighted by Gasteiger charge is -2.39. The van der Waals surface area contributed by atoms with Crippen molar-refractivity contribution in [3.63, 3.8) is 0 Å². The highest BCUT2D eigenvalue weighted by Gasteiger charge is 2.27. The summed E-state index contributed by atoms with van der Waals surface area (Å²) in [6.45, 7) is 7.32. The lowest BCUT2D eigenvalue weighted by Crippen LogP contribution is -2.54. The molecule has 2 atom stereocenters. The normalized spacial score (nSPS) is 17.1. The molecule has 5 heteroatoms. The number of piperazine rings is 1. The van der Waals surface area contributed by atoms with Gasteiger partial charge in [-0.2, -0.15) is 0 Å².